The van der Waals surface area contributed by atoms with E-state index < -0.39 is 5.82 Å². The molecule has 0 bridgehead atoms. The van der Waals surface area contributed by atoms with Crippen LogP contribution in [0.3, 0.4) is 0 Å². The van der Waals surface area contributed by atoms with Crippen molar-refractivity contribution >= 4 is 17.5 Å². The second-order valence-corrected chi connectivity index (χ2v) is 5.09. The Morgan fingerprint density at radius 2 is 1.81 bits per heavy atom. The normalized spacial score (nSPS) is 10.8. The zero-order valence-electron chi connectivity index (χ0n) is 11.2. The quantitative estimate of drug-likeness (QED) is 0.747. The second kappa shape index (κ2) is 5.22. The summed E-state index contributed by atoms with van der Waals surface area (Å²) in [5.41, 5.74) is 8.88. The highest BCUT2D eigenvalue weighted by molar-refractivity contribution is 6.31. The summed E-state index contributed by atoms with van der Waals surface area (Å²) < 4.78 is 19.4. The topological polar surface area (TPSA) is 52.0 Å². The van der Waals surface area contributed by atoms with E-state index in [9.17, 15) is 4.39 Å². The molecule has 0 spiro atoms. The van der Waals surface area contributed by atoms with Crippen molar-refractivity contribution in [3.63, 3.8) is 0 Å². The Bertz CT molecular complexity index is 814. The maximum Gasteiger partial charge on any atom is 0.230 e. The smallest absolute Gasteiger partial charge is 0.230 e. The van der Waals surface area contributed by atoms with E-state index in [-0.39, 0.29) is 16.5 Å². The van der Waals surface area contributed by atoms with Crippen molar-refractivity contribution < 1.29 is 8.91 Å². The van der Waals surface area contributed by atoms with Crippen LogP contribution in [0.15, 0.2) is 47.0 Å². The summed E-state index contributed by atoms with van der Waals surface area (Å²) in [4.78, 5) is 0. The van der Waals surface area contributed by atoms with Crippen LogP contribution < -0.4 is 5.73 Å². The third-order valence-electron chi connectivity index (χ3n) is 3.34. The average molecular weight is 303 g/mol. The Morgan fingerprint density at radius 3 is 2.57 bits per heavy atom. The summed E-state index contributed by atoms with van der Waals surface area (Å²) in [6.07, 6.45) is 0. The Labute approximate surface area is 126 Å². The number of nitrogens with zero attached hydrogens (tertiary/aromatic N) is 1. The summed E-state index contributed by atoms with van der Waals surface area (Å²) in [6, 6.07) is 12.4. The fourth-order valence-corrected chi connectivity index (χ4v) is 2.46. The molecular formula is C16H12ClFN2O. The zero-order chi connectivity index (χ0) is 15.0. The number of hydrogen-bond donors (Lipinski definition) is 1. The molecule has 0 fully saturated rings. The van der Waals surface area contributed by atoms with Crippen LogP contribution in [0.1, 0.15) is 5.56 Å². The Balaban J connectivity index is 2.28. The number of halogens is 2. The van der Waals surface area contributed by atoms with Gasteiger partial charge in [0.2, 0.25) is 5.88 Å². The van der Waals surface area contributed by atoms with Gasteiger partial charge in [-0.25, -0.2) is 4.39 Å². The molecule has 0 unspecified atom stereocenters. The van der Waals surface area contributed by atoms with E-state index in [2.05, 4.69) is 5.16 Å². The SMILES string of the molecule is Cc1ccccc1-c1noc(N)c1-c1cccc(Cl)c1F. The molecule has 2 N–H and O–H groups in total. The molecule has 5 heteroatoms. The molecule has 2 aromatic carbocycles. The zero-order valence-corrected chi connectivity index (χ0v) is 12.0. The van der Waals surface area contributed by atoms with Crippen molar-refractivity contribution in [3.05, 3.63) is 58.9 Å². The van der Waals surface area contributed by atoms with Gasteiger partial charge in [-0.2, -0.15) is 0 Å². The maximum atomic E-state index is 14.3. The van der Waals surface area contributed by atoms with Gasteiger partial charge in [0.1, 0.15) is 11.5 Å². The number of nitrogen functional groups attached to an aromatic ring is 1. The first-order valence-corrected chi connectivity index (χ1v) is 6.73. The van der Waals surface area contributed by atoms with Gasteiger partial charge in [-0.1, -0.05) is 53.2 Å². The molecule has 21 heavy (non-hydrogen) atoms. The monoisotopic (exact) mass is 302 g/mol. The van der Waals surface area contributed by atoms with E-state index >= 15 is 0 Å². The Kier molecular flexibility index (Phi) is 3.39. The molecule has 0 atom stereocenters. The summed E-state index contributed by atoms with van der Waals surface area (Å²) in [5.74, 6) is -0.474. The molecule has 1 aromatic heterocycles. The minimum atomic E-state index is -0.538. The summed E-state index contributed by atoms with van der Waals surface area (Å²) in [5, 5.41) is 4.02. The van der Waals surface area contributed by atoms with Crippen LogP contribution in [0.4, 0.5) is 10.3 Å². The predicted molar refractivity (Wildman–Crippen MR) is 81.5 cm³/mol. The number of hydrogen-bond acceptors (Lipinski definition) is 3. The van der Waals surface area contributed by atoms with Crippen molar-refractivity contribution in [3.8, 4) is 22.4 Å². The predicted octanol–water partition coefficient (Wildman–Crippen LogP) is 4.69. The molecule has 0 aliphatic carbocycles. The first-order chi connectivity index (χ1) is 10.1. The van der Waals surface area contributed by atoms with Crippen LogP contribution in [0.2, 0.25) is 5.02 Å². The van der Waals surface area contributed by atoms with E-state index in [0.717, 1.165) is 11.1 Å². The molecule has 0 aliphatic rings. The molecule has 0 radical (unpaired) electrons. The van der Waals surface area contributed by atoms with Gasteiger partial charge >= 0.3 is 0 Å². The Morgan fingerprint density at radius 1 is 1.10 bits per heavy atom. The van der Waals surface area contributed by atoms with Gasteiger partial charge in [0.15, 0.2) is 0 Å². The number of nitrogens with two attached hydrogens (primary N) is 1. The molecule has 1 heterocycles. The lowest BCUT2D eigenvalue weighted by atomic mass is 9.98. The van der Waals surface area contributed by atoms with E-state index in [4.69, 9.17) is 21.9 Å². The van der Waals surface area contributed by atoms with Crippen molar-refractivity contribution in [2.75, 3.05) is 5.73 Å². The lowest BCUT2D eigenvalue weighted by Crippen LogP contribution is -1.92. The molecule has 3 nitrogen and oxygen atoms in total. The fraction of sp³-hybridized carbons (Fsp3) is 0.0625. The lowest BCUT2D eigenvalue weighted by Gasteiger charge is -2.07. The Hall–Kier alpha value is -2.33. The van der Waals surface area contributed by atoms with Crippen LogP contribution in [0.5, 0.6) is 0 Å². The third kappa shape index (κ3) is 2.28. The highest BCUT2D eigenvalue weighted by Gasteiger charge is 2.22. The molecule has 3 rings (SSSR count). The molecule has 0 aliphatic heterocycles. The average Bonchev–Trinajstić information content (AvgIpc) is 2.84. The molecule has 0 saturated heterocycles. The molecule has 0 amide bonds. The number of benzene rings is 2. The minimum absolute atomic E-state index is 0.0313. The summed E-state index contributed by atoms with van der Waals surface area (Å²) >= 11 is 5.85. The maximum absolute atomic E-state index is 14.3. The van der Waals surface area contributed by atoms with Gasteiger partial charge in [0.05, 0.1) is 10.6 Å². The van der Waals surface area contributed by atoms with Crippen LogP contribution in [-0.4, -0.2) is 5.16 Å². The van der Waals surface area contributed by atoms with Crippen LogP contribution in [-0.2, 0) is 0 Å². The molecule has 3 aromatic rings. The van der Waals surface area contributed by atoms with Crippen LogP contribution in [0, 0.1) is 12.7 Å². The van der Waals surface area contributed by atoms with Gasteiger partial charge in [-0.05, 0) is 18.6 Å². The van der Waals surface area contributed by atoms with Crippen molar-refractivity contribution in [1.29, 1.82) is 0 Å². The van der Waals surface area contributed by atoms with Gasteiger partial charge in [0, 0.05) is 11.1 Å². The van der Waals surface area contributed by atoms with Gasteiger partial charge < -0.3 is 10.3 Å². The highest BCUT2D eigenvalue weighted by Crippen LogP contribution is 2.39. The van der Waals surface area contributed by atoms with Crippen molar-refractivity contribution in [2.45, 2.75) is 6.92 Å². The highest BCUT2D eigenvalue weighted by atomic mass is 35.5. The molecular weight excluding hydrogens is 291 g/mol. The van der Waals surface area contributed by atoms with Gasteiger partial charge in [0.25, 0.3) is 0 Å². The number of rotatable bonds is 2. The van der Waals surface area contributed by atoms with Crippen molar-refractivity contribution in [1.82, 2.24) is 5.16 Å². The number of anilines is 1. The first-order valence-electron chi connectivity index (χ1n) is 6.35. The molecule has 106 valence electrons. The fourth-order valence-electron chi connectivity index (χ4n) is 2.28. The molecule has 0 saturated carbocycles. The van der Waals surface area contributed by atoms with Crippen LogP contribution in [0.25, 0.3) is 22.4 Å². The van der Waals surface area contributed by atoms with E-state index in [1.54, 1.807) is 12.1 Å². The van der Waals surface area contributed by atoms with E-state index in [0.29, 0.717) is 11.3 Å². The number of aryl methyl sites for hydroxylation is 1. The van der Waals surface area contributed by atoms with Gasteiger partial charge in [-0.3, -0.25) is 0 Å². The first kappa shape index (κ1) is 13.6. The van der Waals surface area contributed by atoms with Gasteiger partial charge in [-0.15, -0.1) is 0 Å². The largest absolute Gasteiger partial charge is 0.367 e. The summed E-state index contributed by atoms with van der Waals surface area (Å²) in [7, 11) is 0. The summed E-state index contributed by atoms with van der Waals surface area (Å²) in [6.45, 7) is 1.94. The lowest BCUT2D eigenvalue weighted by molar-refractivity contribution is 0.439. The van der Waals surface area contributed by atoms with Crippen molar-refractivity contribution in [2.24, 2.45) is 0 Å². The minimum Gasteiger partial charge on any atom is -0.367 e. The van der Waals surface area contributed by atoms with Crippen LogP contribution >= 0.6 is 11.6 Å². The standard InChI is InChI=1S/C16H12ClFN2O/c1-9-5-2-3-6-10(9)15-13(16(19)21-20-15)11-7-4-8-12(17)14(11)18/h2-8H,19H2,1H3. The second-order valence-electron chi connectivity index (χ2n) is 4.69. The van der Waals surface area contributed by atoms with E-state index in [1.165, 1.54) is 6.07 Å². The number of aromatic nitrogens is 1. The third-order valence-corrected chi connectivity index (χ3v) is 3.63. The van der Waals surface area contributed by atoms with E-state index in [1.807, 2.05) is 31.2 Å².